The molecule has 1 heterocycles. The van der Waals surface area contributed by atoms with Crippen LogP contribution < -0.4 is 18.9 Å². The van der Waals surface area contributed by atoms with Crippen molar-refractivity contribution < 1.29 is 28.8 Å². The van der Waals surface area contributed by atoms with E-state index in [0.717, 1.165) is 38.5 Å². The van der Waals surface area contributed by atoms with Crippen molar-refractivity contribution >= 4 is 17.9 Å². The van der Waals surface area contributed by atoms with E-state index < -0.39 is 5.97 Å². The zero-order valence-corrected chi connectivity index (χ0v) is 40.7. The minimum absolute atomic E-state index is 0.128. The number of benzene rings is 2. The molecule has 0 saturated carbocycles. The fourth-order valence-electron chi connectivity index (χ4n) is 7.92. The Kier molecular flexibility index (Phi) is 31.7. The van der Waals surface area contributed by atoms with Crippen LogP contribution in [0.4, 0.5) is 5.69 Å². The van der Waals surface area contributed by atoms with Crippen molar-refractivity contribution in [3.63, 3.8) is 0 Å². The summed E-state index contributed by atoms with van der Waals surface area (Å²) < 4.78 is 25.4. The van der Waals surface area contributed by atoms with E-state index in [1.165, 1.54) is 154 Å². The summed E-state index contributed by atoms with van der Waals surface area (Å²) in [5.74, 6) is 1.59. The summed E-state index contributed by atoms with van der Waals surface area (Å²) in [6.07, 6.45) is 39.2. The molecule has 3 aromatic rings. The molecule has 64 heavy (non-hydrogen) atoms. The summed E-state index contributed by atoms with van der Waals surface area (Å²) in [4.78, 5) is 22.7. The molecule has 0 amide bonds. The molecule has 0 radical (unpaired) electrons. The van der Waals surface area contributed by atoms with Crippen molar-refractivity contribution in [1.82, 2.24) is 4.98 Å². The third-order valence-corrected chi connectivity index (χ3v) is 11.9. The second kappa shape index (κ2) is 37.3. The van der Waals surface area contributed by atoms with Gasteiger partial charge in [-0.25, -0.2) is 9.78 Å². The van der Waals surface area contributed by atoms with Crippen molar-refractivity contribution in [2.24, 2.45) is 4.99 Å². The van der Waals surface area contributed by atoms with Crippen LogP contribution >= 0.6 is 0 Å². The van der Waals surface area contributed by atoms with Crippen LogP contribution in [-0.2, 0) is 6.61 Å². The van der Waals surface area contributed by atoms with E-state index in [9.17, 15) is 9.90 Å². The second-order valence-corrected chi connectivity index (χ2v) is 17.7. The molecule has 2 aromatic carbocycles. The molecule has 0 atom stereocenters. The Bertz CT molecular complexity index is 1580. The number of aliphatic hydroxyl groups is 1. The number of pyridine rings is 1. The Hall–Kier alpha value is -3.91. The highest BCUT2D eigenvalue weighted by molar-refractivity contribution is 5.92. The highest BCUT2D eigenvalue weighted by atomic mass is 16.5. The smallest absolute Gasteiger partial charge is 0.343 e. The highest BCUT2D eigenvalue weighted by Gasteiger charge is 2.21. The Balaban J connectivity index is 1.69. The van der Waals surface area contributed by atoms with Gasteiger partial charge in [0.2, 0.25) is 5.75 Å². The molecule has 0 fully saturated rings. The maximum atomic E-state index is 13.8. The molecule has 0 aliphatic rings. The summed E-state index contributed by atoms with van der Waals surface area (Å²) in [5.41, 5.74) is 2.28. The molecular weight excluding hydrogens is 797 g/mol. The monoisotopic (exact) mass is 885 g/mol. The van der Waals surface area contributed by atoms with Crippen LogP contribution in [0.3, 0.4) is 0 Å². The van der Waals surface area contributed by atoms with E-state index >= 15 is 0 Å². The Labute approximate surface area is 389 Å². The van der Waals surface area contributed by atoms with Gasteiger partial charge in [-0.15, -0.1) is 0 Å². The first kappa shape index (κ1) is 54.4. The molecule has 0 spiro atoms. The largest absolute Gasteiger partial charge is 0.490 e. The van der Waals surface area contributed by atoms with Gasteiger partial charge in [0.25, 0.3) is 0 Å². The summed E-state index contributed by atoms with van der Waals surface area (Å²) >= 11 is 0. The fraction of sp³-hybridized carbons (Fsp3) is 0.661. The van der Waals surface area contributed by atoms with Crippen molar-refractivity contribution in [3.8, 4) is 23.0 Å². The van der Waals surface area contributed by atoms with Gasteiger partial charge < -0.3 is 24.1 Å². The molecule has 0 bridgehead atoms. The molecule has 8 nitrogen and oxygen atoms in total. The summed E-state index contributed by atoms with van der Waals surface area (Å²) in [6.45, 7) is 8.34. The predicted molar refractivity (Wildman–Crippen MR) is 267 cm³/mol. The molecular formula is C56H88N2O6. The number of rotatable bonds is 41. The normalized spacial score (nSPS) is 11.4. The van der Waals surface area contributed by atoms with Gasteiger partial charge in [-0.05, 0) is 67.8 Å². The van der Waals surface area contributed by atoms with Crippen LogP contribution in [0, 0.1) is 0 Å². The number of ether oxygens (including phenoxy) is 4. The quantitative estimate of drug-likeness (QED) is 0.0262. The second-order valence-electron chi connectivity index (χ2n) is 17.7. The number of carbonyl (C=O) groups excluding carboxylic acids is 1. The standard InChI is InChI=1S/C56H88N2O6/c1-4-7-10-13-16-19-22-25-28-31-41-61-53-44-48(56(60)64-52-39-37-49(38-40-52)57-46-50-35-34-36-51(47-59)58-50)45-54(62-42-32-29-26-23-20-17-14-11-8-5-2)55(53)63-43-33-30-27-24-21-18-15-12-9-6-3/h34-40,44-46,59H,4-33,41-43,47H2,1-3H3. The molecule has 3 rings (SSSR count). The molecule has 1 N–H and O–H groups in total. The maximum Gasteiger partial charge on any atom is 0.343 e. The van der Waals surface area contributed by atoms with Gasteiger partial charge >= 0.3 is 5.97 Å². The minimum Gasteiger partial charge on any atom is -0.490 e. The van der Waals surface area contributed by atoms with E-state index in [1.54, 1.807) is 48.7 Å². The average molecular weight is 885 g/mol. The van der Waals surface area contributed by atoms with Gasteiger partial charge in [-0.1, -0.05) is 200 Å². The van der Waals surface area contributed by atoms with Crippen molar-refractivity contribution in [2.75, 3.05) is 19.8 Å². The zero-order valence-electron chi connectivity index (χ0n) is 40.7. The first-order valence-corrected chi connectivity index (χ1v) is 26.1. The van der Waals surface area contributed by atoms with Gasteiger partial charge in [-0.3, -0.25) is 4.99 Å². The molecule has 0 aliphatic heterocycles. The van der Waals surface area contributed by atoms with Gasteiger partial charge in [0.15, 0.2) is 11.5 Å². The highest BCUT2D eigenvalue weighted by Crippen LogP contribution is 2.40. The molecule has 358 valence electrons. The van der Waals surface area contributed by atoms with Gasteiger partial charge in [0.1, 0.15) is 5.75 Å². The number of esters is 1. The van der Waals surface area contributed by atoms with Crippen molar-refractivity contribution in [3.05, 3.63) is 71.5 Å². The number of hydrogen-bond donors (Lipinski definition) is 1. The SMILES string of the molecule is CCCCCCCCCCCCOc1cc(C(=O)Oc2ccc(N=Cc3cccc(CO)n3)cc2)cc(OCCCCCCCCCCCC)c1OCCCCCCCCCCCC. The lowest BCUT2D eigenvalue weighted by Crippen LogP contribution is -2.12. The predicted octanol–water partition coefficient (Wildman–Crippen LogP) is 16.4. The molecule has 0 aliphatic carbocycles. The van der Waals surface area contributed by atoms with Crippen LogP contribution in [0.1, 0.15) is 235 Å². The third-order valence-electron chi connectivity index (χ3n) is 11.9. The number of carbonyl (C=O) groups is 1. The Morgan fingerprint density at radius 1 is 0.531 bits per heavy atom. The van der Waals surface area contributed by atoms with Crippen LogP contribution in [0.25, 0.3) is 0 Å². The fourth-order valence-corrected chi connectivity index (χ4v) is 7.92. The van der Waals surface area contributed by atoms with Crippen LogP contribution in [0.5, 0.6) is 23.0 Å². The topological polar surface area (TPSA) is 99.5 Å². The number of unbranched alkanes of at least 4 members (excludes halogenated alkanes) is 27. The van der Waals surface area contributed by atoms with E-state index in [4.69, 9.17) is 18.9 Å². The van der Waals surface area contributed by atoms with E-state index in [2.05, 4.69) is 30.7 Å². The lowest BCUT2D eigenvalue weighted by atomic mass is 10.1. The number of aliphatic imine (C=N–C) groups is 1. The average Bonchev–Trinajstić information content (AvgIpc) is 3.31. The van der Waals surface area contributed by atoms with Crippen molar-refractivity contribution in [1.29, 1.82) is 0 Å². The molecule has 8 heteroatoms. The molecule has 0 unspecified atom stereocenters. The van der Waals surface area contributed by atoms with E-state index in [0.29, 0.717) is 65.5 Å². The van der Waals surface area contributed by atoms with Crippen LogP contribution in [-0.4, -0.2) is 42.1 Å². The van der Waals surface area contributed by atoms with E-state index in [1.807, 2.05) is 12.1 Å². The first-order valence-electron chi connectivity index (χ1n) is 26.1. The first-order chi connectivity index (χ1) is 31.6. The summed E-state index contributed by atoms with van der Waals surface area (Å²) in [5, 5.41) is 9.42. The third kappa shape index (κ3) is 25.5. The summed E-state index contributed by atoms with van der Waals surface area (Å²) in [6, 6.07) is 16.0. The maximum absolute atomic E-state index is 13.8. The number of aliphatic hydroxyl groups excluding tert-OH is 1. The van der Waals surface area contributed by atoms with Crippen LogP contribution in [0.15, 0.2) is 59.6 Å². The van der Waals surface area contributed by atoms with Crippen molar-refractivity contribution in [2.45, 2.75) is 220 Å². The number of hydrogen-bond acceptors (Lipinski definition) is 8. The lowest BCUT2D eigenvalue weighted by molar-refractivity contribution is 0.0733. The van der Waals surface area contributed by atoms with E-state index in [-0.39, 0.29) is 6.61 Å². The molecule has 1 aromatic heterocycles. The summed E-state index contributed by atoms with van der Waals surface area (Å²) in [7, 11) is 0. The Morgan fingerprint density at radius 2 is 0.938 bits per heavy atom. The van der Waals surface area contributed by atoms with Crippen LogP contribution in [0.2, 0.25) is 0 Å². The van der Waals surface area contributed by atoms with Gasteiger partial charge in [0, 0.05) is 0 Å². The zero-order chi connectivity index (χ0) is 45.6. The van der Waals surface area contributed by atoms with Gasteiger partial charge in [-0.2, -0.15) is 0 Å². The minimum atomic E-state index is -0.491. The van der Waals surface area contributed by atoms with Gasteiger partial charge in [0.05, 0.1) is 55.3 Å². The Morgan fingerprint density at radius 3 is 1.36 bits per heavy atom. The number of nitrogens with zero attached hydrogens (tertiary/aromatic N) is 2. The number of aromatic nitrogens is 1. The lowest BCUT2D eigenvalue weighted by Gasteiger charge is -2.19. The molecule has 0 saturated heterocycles.